The Morgan fingerprint density at radius 1 is 1.20 bits per heavy atom. The number of aromatic nitrogens is 1. The fourth-order valence-electron chi connectivity index (χ4n) is 3.17. The molecule has 2 aromatic rings. The normalized spacial score (nSPS) is 15.6. The molecule has 0 aliphatic carbocycles. The summed E-state index contributed by atoms with van der Waals surface area (Å²) in [6.07, 6.45) is 4.95. The van der Waals surface area contributed by atoms with Crippen LogP contribution in [0.1, 0.15) is 36.5 Å². The van der Waals surface area contributed by atoms with Crippen molar-refractivity contribution in [1.82, 2.24) is 10.3 Å². The molecule has 1 aromatic heterocycles. The maximum absolute atomic E-state index is 12.5. The fourth-order valence-corrected chi connectivity index (χ4v) is 3.17. The Hall–Kier alpha value is -2.40. The number of anilines is 1. The Morgan fingerprint density at radius 3 is 2.68 bits per heavy atom. The minimum atomic E-state index is -0.593. The number of amides is 1. The third-order valence-corrected chi connectivity index (χ3v) is 4.53. The summed E-state index contributed by atoms with van der Waals surface area (Å²) >= 11 is 0. The standard InChI is InChI=1S/C20H25N3O2/c1-25-19(17-8-4-2-5-9-17)20(24)22-15-16-10-11-21-18(14-16)23-12-6-3-7-13-23/h2,4-5,8-11,14,19H,3,6-7,12-13,15H2,1H3,(H,22,24)/t19-/m1/s1. The summed E-state index contributed by atoms with van der Waals surface area (Å²) in [5.74, 6) is 0.864. The maximum Gasteiger partial charge on any atom is 0.254 e. The first-order chi connectivity index (χ1) is 12.3. The molecule has 2 heterocycles. The quantitative estimate of drug-likeness (QED) is 0.879. The van der Waals surface area contributed by atoms with E-state index in [0.29, 0.717) is 6.54 Å². The number of pyridine rings is 1. The van der Waals surface area contributed by atoms with Gasteiger partial charge in [0.1, 0.15) is 5.82 Å². The van der Waals surface area contributed by atoms with E-state index in [1.54, 1.807) is 7.11 Å². The number of nitrogens with zero attached hydrogens (tertiary/aromatic N) is 2. The Kier molecular flexibility index (Phi) is 6.01. The summed E-state index contributed by atoms with van der Waals surface area (Å²) in [6.45, 7) is 2.58. The maximum atomic E-state index is 12.5. The minimum Gasteiger partial charge on any atom is -0.367 e. The van der Waals surface area contributed by atoms with Gasteiger partial charge in [-0.15, -0.1) is 0 Å². The number of ether oxygens (including phenoxy) is 1. The number of nitrogens with one attached hydrogen (secondary N) is 1. The van der Waals surface area contributed by atoms with Gasteiger partial charge in [0.25, 0.3) is 5.91 Å². The number of benzene rings is 1. The first kappa shape index (κ1) is 17.4. The number of hydrogen-bond donors (Lipinski definition) is 1. The van der Waals surface area contributed by atoms with Gasteiger partial charge in [-0.1, -0.05) is 30.3 Å². The van der Waals surface area contributed by atoms with Crippen molar-refractivity contribution in [3.8, 4) is 0 Å². The van der Waals surface area contributed by atoms with Gasteiger partial charge in [-0.25, -0.2) is 4.98 Å². The summed E-state index contributed by atoms with van der Waals surface area (Å²) in [6, 6.07) is 13.5. The molecule has 3 rings (SSSR count). The third kappa shape index (κ3) is 4.57. The SMILES string of the molecule is CO[C@@H](C(=O)NCc1ccnc(N2CCCCC2)c1)c1ccccc1. The highest BCUT2D eigenvalue weighted by molar-refractivity contribution is 5.82. The largest absolute Gasteiger partial charge is 0.367 e. The molecular weight excluding hydrogens is 314 g/mol. The lowest BCUT2D eigenvalue weighted by Crippen LogP contribution is -2.31. The zero-order valence-corrected chi connectivity index (χ0v) is 14.6. The predicted octanol–water partition coefficient (Wildman–Crippen LogP) is 3.08. The average molecular weight is 339 g/mol. The molecule has 1 aliphatic heterocycles. The first-order valence-electron chi connectivity index (χ1n) is 8.83. The summed E-state index contributed by atoms with van der Waals surface area (Å²) in [5.41, 5.74) is 1.90. The van der Waals surface area contributed by atoms with Crippen LogP contribution < -0.4 is 10.2 Å². The second-order valence-electron chi connectivity index (χ2n) is 6.31. The van der Waals surface area contributed by atoms with E-state index in [2.05, 4.69) is 21.3 Å². The summed E-state index contributed by atoms with van der Waals surface area (Å²) in [5, 5.41) is 2.97. The van der Waals surface area contributed by atoms with Crippen molar-refractivity contribution in [3.63, 3.8) is 0 Å². The Morgan fingerprint density at radius 2 is 1.96 bits per heavy atom. The Labute approximate surface area is 149 Å². The van der Waals surface area contributed by atoms with Crippen molar-refractivity contribution >= 4 is 11.7 Å². The number of piperidine rings is 1. The van der Waals surface area contributed by atoms with Crippen LogP contribution in [0, 0.1) is 0 Å². The molecule has 1 N–H and O–H groups in total. The molecule has 5 heteroatoms. The van der Waals surface area contributed by atoms with Crippen LogP contribution in [0.15, 0.2) is 48.7 Å². The van der Waals surface area contributed by atoms with Gasteiger partial charge in [0.2, 0.25) is 0 Å². The van der Waals surface area contributed by atoms with Gasteiger partial charge < -0.3 is 15.0 Å². The molecular formula is C20H25N3O2. The molecule has 0 unspecified atom stereocenters. The number of carbonyl (C=O) groups is 1. The second kappa shape index (κ2) is 8.62. The van der Waals surface area contributed by atoms with E-state index < -0.39 is 6.10 Å². The molecule has 1 aromatic carbocycles. The number of rotatable bonds is 6. The van der Waals surface area contributed by atoms with E-state index in [-0.39, 0.29) is 5.91 Å². The lowest BCUT2D eigenvalue weighted by atomic mass is 10.1. The molecule has 5 nitrogen and oxygen atoms in total. The number of carbonyl (C=O) groups excluding carboxylic acids is 1. The van der Waals surface area contributed by atoms with Crippen LogP contribution >= 0.6 is 0 Å². The van der Waals surface area contributed by atoms with Gasteiger partial charge in [-0.2, -0.15) is 0 Å². The van der Waals surface area contributed by atoms with Gasteiger partial charge in [0.05, 0.1) is 0 Å². The van der Waals surface area contributed by atoms with Gasteiger partial charge in [-0.05, 0) is 42.5 Å². The number of methoxy groups -OCH3 is 1. The minimum absolute atomic E-state index is 0.134. The second-order valence-corrected chi connectivity index (χ2v) is 6.31. The van der Waals surface area contributed by atoms with E-state index >= 15 is 0 Å². The van der Waals surface area contributed by atoms with Crippen molar-refractivity contribution < 1.29 is 9.53 Å². The highest BCUT2D eigenvalue weighted by atomic mass is 16.5. The predicted molar refractivity (Wildman–Crippen MR) is 98.3 cm³/mol. The molecule has 25 heavy (non-hydrogen) atoms. The summed E-state index contributed by atoms with van der Waals surface area (Å²) in [4.78, 5) is 19.3. The third-order valence-electron chi connectivity index (χ3n) is 4.53. The molecule has 1 atom stereocenters. The molecule has 0 radical (unpaired) electrons. The molecule has 1 amide bonds. The van der Waals surface area contributed by atoms with E-state index in [4.69, 9.17) is 4.74 Å². The van der Waals surface area contributed by atoms with Crippen LogP contribution in [-0.2, 0) is 16.1 Å². The first-order valence-corrected chi connectivity index (χ1v) is 8.83. The van der Waals surface area contributed by atoms with Crippen molar-refractivity contribution in [3.05, 3.63) is 59.8 Å². The topological polar surface area (TPSA) is 54.5 Å². The smallest absolute Gasteiger partial charge is 0.254 e. The fraction of sp³-hybridized carbons (Fsp3) is 0.400. The van der Waals surface area contributed by atoms with Crippen molar-refractivity contribution in [1.29, 1.82) is 0 Å². The zero-order valence-electron chi connectivity index (χ0n) is 14.6. The Bertz CT molecular complexity index is 684. The number of hydrogen-bond acceptors (Lipinski definition) is 4. The average Bonchev–Trinajstić information content (AvgIpc) is 2.69. The Balaban J connectivity index is 1.61. The molecule has 0 bridgehead atoms. The summed E-state index contributed by atoms with van der Waals surface area (Å²) < 4.78 is 5.37. The van der Waals surface area contributed by atoms with E-state index in [1.807, 2.05) is 42.6 Å². The van der Waals surface area contributed by atoms with Crippen LogP contribution in [0.4, 0.5) is 5.82 Å². The van der Waals surface area contributed by atoms with E-state index in [1.165, 1.54) is 19.3 Å². The monoisotopic (exact) mass is 339 g/mol. The lowest BCUT2D eigenvalue weighted by Gasteiger charge is -2.28. The van der Waals surface area contributed by atoms with Gasteiger partial charge in [-0.3, -0.25) is 4.79 Å². The zero-order chi connectivity index (χ0) is 17.5. The van der Waals surface area contributed by atoms with Crippen LogP contribution in [0.5, 0.6) is 0 Å². The van der Waals surface area contributed by atoms with Gasteiger partial charge in [0.15, 0.2) is 6.10 Å². The van der Waals surface area contributed by atoms with Crippen molar-refractivity contribution in [2.45, 2.75) is 31.9 Å². The summed E-state index contributed by atoms with van der Waals surface area (Å²) in [7, 11) is 1.55. The van der Waals surface area contributed by atoms with Gasteiger partial charge >= 0.3 is 0 Å². The molecule has 0 saturated carbocycles. The van der Waals surface area contributed by atoms with Crippen molar-refractivity contribution in [2.75, 3.05) is 25.1 Å². The van der Waals surface area contributed by atoms with Crippen LogP contribution in [-0.4, -0.2) is 31.1 Å². The highest BCUT2D eigenvalue weighted by Crippen LogP contribution is 2.19. The van der Waals surface area contributed by atoms with E-state index in [9.17, 15) is 4.79 Å². The molecule has 0 spiro atoms. The molecule has 1 saturated heterocycles. The van der Waals surface area contributed by atoms with Crippen LogP contribution in [0.3, 0.4) is 0 Å². The lowest BCUT2D eigenvalue weighted by molar-refractivity contribution is -0.131. The molecule has 1 aliphatic rings. The highest BCUT2D eigenvalue weighted by Gasteiger charge is 2.19. The van der Waals surface area contributed by atoms with E-state index in [0.717, 1.165) is 30.0 Å². The van der Waals surface area contributed by atoms with Crippen LogP contribution in [0.2, 0.25) is 0 Å². The van der Waals surface area contributed by atoms with Crippen LogP contribution in [0.25, 0.3) is 0 Å². The van der Waals surface area contributed by atoms with Gasteiger partial charge in [0, 0.05) is 32.9 Å². The van der Waals surface area contributed by atoms with Crippen molar-refractivity contribution in [2.24, 2.45) is 0 Å². The molecule has 132 valence electrons. The molecule has 1 fully saturated rings.